The van der Waals surface area contributed by atoms with Gasteiger partial charge in [0.05, 0.1) is 11.6 Å². The van der Waals surface area contributed by atoms with Gasteiger partial charge in [-0.15, -0.1) is 0 Å². The van der Waals surface area contributed by atoms with E-state index >= 15 is 0 Å². The summed E-state index contributed by atoms with van der Waals surface area (Å²) in [6.45, 7) is 1.76. The quantitative estimate of drug-likeness (QED) is 0.717. The number of aliphatic hydroxyl groups is 1. The highest BCUT2D eigenvalue weighted by molar-refractivity contribution is 5.78. The fourth-order valence-corrected chi connectivity index (χ4v) is 1.35. The van der Waals surface area contributed by atoms with Gasteiger partial charge in [-0.3, -0.25) is 4.98 Å². The highest BCUT2D eigenvalue weighted by Gasteiger charge is 2.01. The Labute approximate surface area is 76.9 Å². The van der Waals surface area contributed by atoms with Crippen LogP contribution in [0.25, 0.3) is 10.9 Å². The Morgan fingerprint density at radius 1 is 1.31 bits per heavy atom. The van der Waals surface area contributed by atoms with Crippen molar-refractivity contribution in [3.05, 3.63) is 42.1 Å². The summed E-state index contributed by atoms with van der Waals surface area (Å²) in [5, 5.41) is 10.4. The average molecular weight is 173 g/mol. The molecule has 2 heteroatoms. The molecule has 66 valence electrons. The molecule has 0 saturated heterocycles. The number of hydrogen-bond acceptors (Lipinski definition) is 2. The van der Waals surface area contributed by atoms with Crippen molar-refractivity contribution < 1.29 is 5.11 Å². The molecule has 0 aliphatic carbocycles. The topological polar surface area (TPSA) is 33.1 Å². The van der Waals surface area contributed by atoms with Crippen molar-refractivity contribution >= 4 is 10.9 Å². The minimum absolute atomic E-state index is 0.412. The predicted octanol–water partition coefficient (Wildman–Crippen LogP) is 2.29. The first-order chi connectivity index (χ1) is 6.27. The van der Waals surface area contributed by atoms with Crippen molar-refractivity contribution in [3.63, 3.8) is 0 Å². The van der Waals surface area contributed by atoms with Crippen LogP contribution in [0.1, 0.15) is 18.6 Å². The molecule has 0 spiro atoms. The van der Waals surface area contributed by atoms with E-state index < -0.39 is 6.10 Å². The first-order valence-corrected chi connectivity index (χ1v) is 4.30. The van der Waals surface area contributed by atoms with Crippen molar-refractivity contribution in [1.29, 1.82) is 0 Å². The van der Waals surface area contributed by atoms with E-state index in [-0.39, 0.29) is 0 Å². The third-order valence-electron chi connectivity index (χ3n) is 2.11. The number of pyridine rings is 1. The van der Waals surface area contributed by atoms with E-state index in [0.29, 0.717) is 0 Å². The monoisotopic (exact) mass is 173 g/mol. The molecule has 1 atom stereocenters. The van der Waals surface area contributed by atoms with Gasteiger partial charge in [-0.2, -0.15) is 0 Å². The molecule has 1 aromatic heterocycles. The molecule has 2 rings (SSSR count). The maximum Gasteiger partial charge on any atom is 0.0762 e. The van der Waals surface area contributed by atoms with Crippen LogP contribution in [0.5, 0.6) is 0 Å². The van der Waals surface area contributed by atoms with Crippen molar-refractivity contribution in [2.45, 2.75) is 13.0 Å². The molecule has 1 aromatic carbocycles. The number of hydrogen-bond donors (Lipinski definition) is 1. The maximum absolute atomic E-state index is 9.36. The lowest BCUT2D eigenvalue weighted by Gasteiger charge is -2.04. The Morgan fingerprint density at radius 2 is 2.15 bits per heavy atom. The minimum atomic E-state index is -0.412. The van der Waals surface area contributed by atoms with Gasteiger partial charge in [0.25, 0.3) is 0 Å². The van der Waals surface area contributed by atoms with Gasteiger partial charge in [-0.05, 0) is 30.7 Å². The molecule has 0 fully saturated rings. The van der Waals surface area contributed by atoms with E-state index in [1.807, 2.05) is 30.3 Å². The van der Waals surface area contributed by atoms with Gasteiger partial charge in [0, 0.05) is 11.6 Å². The number of nitrogens with zero attached hydrogens (tertiary/aromatic N) is 1. The van der Waals surface area contributed by atoms with E-state index in [4.69, 9.17) is 0 Å². The van der Waals surface area contributed by atoms with Crippen LogP contribution in [0.15, 0.2) is 36.5 Å². The minimum Gasteiger partial charge on any atom is -0.389 e. The molecule has 13 heavy (non-hydrogen) atoms. The molecule has 2 nitrogen and oxygen atoms in total. The van der Waals surface area contributed by atoms with E-state index in [1.165, 1.54) is 0 Å². The Kier molecular flexibility index (Phi) is 1.99. The van der Waals surface area contributed by atoms with Gasteiger partial charge in [-0.1, -0.05) is 12.1 Å². The Bertz CT molecular complexity index is 423. The largest absolute Gasteiger partial charge is 0.389 e. The third kappa shape index (κ3) is 1.53. The van der Waals surface area contributed by atoms with Crippen LogP contribution in [0.2, 0.25) is 0 Å². The fraction of sp³-hybridized carbons (Fsp3) is 0.182. The molecule has 1 N–H and O–H groups in total. The van der Waals surface area contributed by atoms with E-state index in [2.05, 4.69) is 4.98 Å². The van der Waals surface area contributed by atoms with Crippen LogP contribution in [-0.2, 0) is 0 Å². The van der Waals surface area contributed by atoms with Gasteiger partial charge >= 0.3 is 0 Å². The number of aromatic nitrogens is 1. The van der Waals surface area contributed by atoms with Gasteiger partial charge in [0.2, 0.25) is 0 Å². The zero-order valence-electron chi connectivity index (χ0n) is 7.44. The zero-order chi connectivity index (χ0) is 9.26. The van der Waals surface area contributed by atoms with E-state index in [0.717, 1.165) is 16.5 Å². The smallest absolute Gasteiger partial charge is 0.0762 e. The lowest BCUT2D eigenvalue weighted by Crippen LogP contribution is -1.90. The molecule has 0 bridgehead atoms. The third-order valence-corrected chi connectivity index (χ3v) is 2.11. The second-order valence-corrected chi connectivity index (χ2v) is 3.13. The number of fused-ring (bicyclic) bond motifs is 1. The molecule has 2 aromatic rings. The second-order valence-electron chi connectivity index (χ2n) is 3.13. The number of rotatable bonds is 1. The lowest BCUT2D eigenvalue weighted by atomic mass is 10.1. The molecular weight excluding hydrogens is 162 g/mol. The van der Waals surface area contributed by atoms with Crippen molar-refractivity contribution in [3.8, 4) is 0 Å². The Morgan fingerprint density at radius 3 is 2.92 bits per heavy atom. The molecular formula is C11H11NO. The first-order valence-electron chi connectivity index (χ1n) is 4.30. The summed E-state index contributed by atoms with van der Waals surface area (Å²) in [5.41, 5.74) is 1.90. The Balaban J connectivity index is 2.62. The molecule has 0 amide bonds. The molecule has 0 aliphatic rings. The van der Waals surface area contributed by atoms with Crippen LogP contribution in [-0.4, -0.2) is 10.1 Å². The van der Waals surface area contributed by atoms with E-state index in [1.54, 1.807) is 13.1 Å². The van der Waals surface area contributed by atoms with Gasteiger partial charge in [0.1, 0.15) is 0 Å². The summed E-state index contributed by atoms with van der Waals surface area (Å²) in [7, 11) is 0. The summed E-state index contributed by atoms with van der Waals surface area (Å²) in [4.78, 5) is 4.20. The molecule has 0 radical (unpaired) electrons. The summed E-state index contributed by atoms with van der Waals surface area (Å²) in [6, 6.07) is 9.69. The first kappa shape index (κ1) is 8.20. The second kappa shape index (κ2) is 3.15. The van der Waals surface area contributed by atoms with Gasteiger partial charge in [0.15, 0.2) is 0 Å². The summed E-state index contributed by atoms with van der Waals surface area (Å²) < 4.78 is 0. The summed E-state index contributed by atoms with van der Waals surface area (Å²) in [6.07, 6.45) is 1.36. The van der Waals surface area contributed by atoms with E-state index in [9.17, 15) is 5.11 Å². The number of benzene rings is 1. The Hall–Kier alpha value is -1.41. The maximum atomic E-state index is 9.36. The average Bonchev–Trinajstić information content (AvgIpc) is 2.17. The van der Waals surface area contributed by atoms with Crippen molar-refractivity contribution in [2.75, 3.05) is 0 Å². The highest BCUT2D eigenvalue weighted by Crippen LogP contribution is 2.18. The highest BCUT2D eigenvalue weighted by atomic mass is 16.3. The molecule has 0 saturated carbocycles. The lowest BCUT2D eigenvalue weighted by molar-refractivity contribution is 0.199. The molecule has 0 unspecified atom stereocenters. The fourth-order valence-electron chi connectivity index (χ4n) is 1.35. The van der Waals surface area contributed by atoms with Crippen LogP contribution >= 0.6 is 0 Å². The molecule has 0 aliphatic heterocycles. The normalized spacial score (nSPS) is 13.1. The van der Waals surface area contributed by atoms with Crippen molar-refractivity contribution in [1.82, 2.24) is 4.98 Å². The number of aliphatic hydroxyl groups excluding tert-OH is 1. The van der Waals surface area contributed by atoms with Crippen LogP contribution in [0, 0.1) is 0 Å². The van der Waals surface area contributed by atoms with Crippen LogP contribution in [0.3, 0.4) is 0 Å². The standard InChI is InChI=1S/C11H11NO/c1-8(13)9-4-5-11-10(7-9)3-2-6-12-11/h2-8,13H,1H3/t8-/m1/s1. The van der Waals surface area contributed by atoms with Crippen LogP contribution < -0.4 is 0 Å². The zero-order valence-corrected chi connectivity index (χ0v) is 7.44. The van der Waals surface area contributed by atoms with Gasteiger partial charge in [-0.25, -0.2) is 0 Å². The summed E-state index contributed by atoms with van der Waals surface area (Å²) in [5.74, 6) is 0. The molecule has 1 heterocycles. The SMILES string of the molecule is C[C@@H](O)c1ccc2ncccc2c1. The van der Waals surface area contributed by atoms with Crippen molar-refractivity contribution in [2.24, 2.45) is 0 Å². The van der Waals surface area contributed by atoms with Gasteiger partial charge < -0.3 is 5.11 Å². The van der Waals surface area contributed by atoms with Crippen LogP contribution in [0.4, 0.5) is 0 Å². The predicted molar refractivity (Wildman–Crippen MR) is 52.4 cm³/mol. The summed E-state index contributed by atoms with van der Waals surface area (Å²) >= 11 is 0.